The first-order valence-electron chi connectivity index (χ1n) is 5.67. The molecule has 0 radical (unpaired) electrons. The lowest BCUT2D eigenvalue weighted by atomic mass is 9.83. The molecule has 0 aromatic heterocycles. The highest BCUT2D eigenvalue weighted by atomic mass is 16.7. The van der Waals surface area contributed by atoms with E-state index in [0.29, 0.717) is 6.42 Å². The summed E-state index contributed by atoms with van der Waals surface area (Å²) in [6, 6.07) is 7.68. The van der Waals surface area contributed by atoms with Crippen LogP contribution in [0.4, 0.5) is 0 Å². The number of para-hydroxylation sites is 1. The number of hydrogen-bond acceptors (Lipinski definition) is 4. The third-order valence-corrected chi connectivity index (χ3v) is 3.64. The summed E-state index contributed by atoms with van der Waals surface area (Å²) in [6.45, 7) is 1.93. The molecule has 3 atom stereocenters. The van der Waals surface area contributed by atoms with Crippen molar-refractivity contribution in [1.82, 2.24) is 0 Å². The third kappa shape index (κ3) is 1.37. The van der Waals surface area contributed by atoms with Gasteiger partial charge < -0.3 is 14.2 Å². The molecule has 4 nitrogen and oxygen atoms in total. The summed E-state index contributed by atoms with van der Waals surface area (Å²) in [6.07, 6.45) is 0.191. The molecule has 2 aliphatic rings. The van der Waals surface area contributed by atoms with E-state index in [1.54, 1.807) is 0 Å². The first-order valence-corrected chi connectivity index (χ1v) is 5.67. The zero-order valence-electron chi connectivity index (χ0n) is 9.80. The summed E-state index contributed by atoms with van der Waals surface area (Å²) >= 11 is 0. The molecule has 0 saturated carbocycles. The number of ether oxygens (including phenoxy) is 3. The van der Waals surface area contributed by atoms with Crippen LogP contribution in [0.1, 0.15) is 18.9 Å². The van der Waals surface area contributed by atoms with Crippen LogP contribution in [-0.4, -0.2) is 19.4 Å². The van der Waals surface area contributed by atoms with E-state index in [1.807, 2.05) is 31.2 Å². The molecule has 0 spiro atoms. The van der Waals surface area contributed by atoms with Crippen LogP contribution >= 0.6 is 0 Å². The summed E-state index contributed by atoms with van der Waals surface area (Å²) in [5.41, 5.74) is 0.288. The maximum absolute atomic E-state index is 11.8. The zero-order chi connectivity index (χ0) is 12.0. The van der Waals surface area contributed by atoms with Gasteiger partial charge in [0.15, 0.2) is 0 Å². The Labute approximate surface area is 99.5 Å². The number of hydrogen-bond donors (Lipinski definition) is 0. The summed E-state index contributed by atoms with van der Waals surface area (Å²) in [7, 11) is 1.40. The van der Waals surface area contributed by atoms with E-state index in [-0.39, 0.29) is 18.2 Å². The highest BCUT2D eigenvalue weighted by molar-refractivity contribution is 5.75. The number of rotatable bonds is 1. The van der Waals surface area contributed by atoms with Gasteiger partial charge in [0.1, 0.15) is 11.4 Å². The minimum absolute atomic E-state index is 0.240. The van der Waals surface area contributed by atoms with E-state index in [0.717, 1.165) is 11.3 Å². The van der Waals surface area contributed by atoms with Crippen LogP contribution in [-0.2, 0) is 19.9 Å². The molecule has 1 aromatic carbocycles. The molecule has 0 unspecified atom stereocenters. The van der Waals surface area contributed by atoms with Crippen LogP contribution in [0.5, 0.6) is 5.75 Å². The van der Waals surface area contributed by atoms with Crippen molar-refractivity contribution in [2.24, 2.45) is 5.92 Å². The molecular weight excluding hydrogens is 220 g/mol. The van der Waals surface area contributed by atoms with Crippen molar-refractivity contribution in [2.45, 2.75) is 25.2 Å². The second-order valence-electron chi connectivity index (χ2n) is 4.58. The largest absolute Gasteiger partial charge is 0.469 e. The Morgan fingerprint density at radius 3 is 3.00 bits per heavy atom. The molecule has 2 bridgehead atoms. The highest BCUT2D eigenvalue weighted by Crippen LogP contribution is 2.51. The topological polar surface area (TPSA) is 44.8 Å². The lowest BCUT2D eigenvalue weighted by molar-refractivity contribution is -0.164. The maximum Gasteiger partial charge on any atom is 0.312 e. The van der Waals surface area contributed by atoms with Gasteiger partial charge in [0.05, 0.1) is 13.0 Å². The molecule has 1 saturated heterocycles. The van der Waals surface area contributed by atoms with E-state index in [1.165, 1.54) is 7.11 Å². The molecule has 3 rings (SSSR count). The number of carbonyl (C=O) groups is 1. The number of carbonyl (C=O) groups excluding carboxylic acids is 1. The highest BCUT2D eigenvalue weighted by Gasteiger charge is 2.55. The molecular formula is C13H14O4. The van der Waals surface area contributed by atoms with Gasteiger partial charge in [0.25, 0.3) is 0 Å². The number of methoxy groups -OCH3 is 1. The molecule has 90 valence electrons. The molecule has 4 heteroatoms. The minimum atomic E-state index is -0.632. The summed E-state index contributed by atoms with van der Waals surface area (Å²) in [5.74, 6) is 0.258. The molecule has 0 N–H and O–H groups in total. The molecule has 0 aliphatic carbocycles. The van der Waals surface area contributed by atoms with Crippen molar-refractivity contribution in [3.8, 4) is 5.75 Å². The predicted octanol–water partition coefficient (Wildman–Crippen LogP) is 1.83. The molecule has 0 amide bonds. The second-order valence-corrected chi connectivity index (χ2v) is 4.58. The molecule has 2 heterocycles. The summed E-state index contributed by atoms with van der Waals surface area (Å²) in [5, 5.41) is 0. The number of esters is 1. The lowest BCUT2D eigenvalue weighted by Gasteiger charge is -2.34. The van der Waals surface area contributed by atoms with Gasteiger partial charge in [0.2, 0.25) is 6.29 Å². The SMILES string of the molecule is COC(=O)[C@@H]1C[C@H]2Oc3ccccc3[C@]1(C)O2. The normalized spacial score (nSPS) is 33.8. The average molecular weight is 234 g/mol. The van der Waals surface area contributed by atoms with Gasteiger partial charge in [-0.15, -0.1) is 0 Å². The number of fused-ring (bicyclic) bond motifs is 4. The zero-order valence-corrected chi connectivity index (χ0v) is 9.80. The van der Waals surface area contributed by atoms with E-state index >= 15 is 0 Å². The minimum Gasteiger partial charge on any atom is -0.469 e. The van der Waals surface area contributed by atoms with Crippen molar-refractivity contribution in [3.63, 3.8) is 0 Å². The monoisotopic (exact) mass is 234 g/mol. The Kier molecular flexibility index (Phi) is 2.16. The quantitative estimate of drug-likeness (QED) is 0.695. The van der Waals surface area contributed by atoms with Gasteiger partial charge in [0, 0.05) is 12.0 Å². The van der Waals surface area contributed by atoms with Crippen molar-refractivity contribution in [1.29, 1.82) is 0 Å². The maximum atomic E-state index is 11.8. The van der Waals surface area contributed by atoms with E-state index in [9.17, 15) is 4.79 Å². The fourth-order valence-corrected chi connectivity index (χ4v) is 2.73. The Morgan fingerprint density at radius 2 is 2.24 bits per heavy atom. The standard InChI is InChI=1S/C13H14O4/c1-13-8-5-3-4-6-10(8)16-11(17-13)7-9(13)12(14)15-2/h3-6,9,11H,7H2,1-2H3/t9-,11-,13-/m0/s1. The smallest absolute Gasteiger partial charge is 0.312 e. The molecule has 2 aliphatic heterocycles. The van der Waals surface area contributed by atoms with Crippen LogP contribution in [0.2, 0.25) is 0 Å². The molecule has 17 heavy (non-hydrogen) atoms. The van der Waals surface area contributed by atoms with Gasteiger partial charge in [-0.25, -0.2) is 0 Å². The first-order chi connectivity index (χ1) is 8.15. The van der Waals surface area contributed by atoms with Gasteiger partial charge in [-0.05, 0) is 13.0 Å². The lowest BCUT2D eigenvalue weighted by Crippen LogP contribution is -2.37. The Bertz CT molecular complexity index is 470. The van der Waals surface area contributed by atoms with Crippen molar-refractivity contribution >= 4 is 5.97 Å². The van der Waals surface area contributed by atoms with E-state index in [4.69, 9.17) is 14.2 Å². The summed E-state index contributed by atoms with van der Waals surface area (Å²) in [4.78, 5) is 11.8. The van der Waals surface area contributed by atoms with Crippen LogP contribution in [0.3, 0.4) is 0 Å². The van der Waals surface area contributed by atoms with Crippen LogP contribution in [0.15, 0.2) is 24.3 Å². The molecule has 1 fully saturated rings. The second kappa shape index (κ2) is 3.47. The van der Waals surface area contributed by atoms with Crippen LogP contribution in [0, 0.1) is 5.92 Å². The van der Waals surface area contributed by atoms with E-state index < -0.39 is 5.60 Å². The fraction of sp³-hybridized carbons (Fsp3) is 0.462. The van der Waals surface area contributed by atoms with Gasteiger partial charge in [-0.2, -0.15) is 0 Å². The van der Waals surface area contributed by atoms with Crippen LogP contribution < -0.4 is 4.74 Å². The molecule has 1 aromatic rings. The fourth-order valence-electron chi connectivity index (χ4n) is 2.73. The van der Waals surface area contributed by atoms with Crippen molar-refractivity contribution in [2.75, 3.05) is 7.11 Å². The third-order valence-electron chi connectivity index (χ3n) is 3.64. The van der Waals surface area contributed by atoms with E-state index in [2.05, 4.69) is 0 Å². The predicted molar refractivity (Wildman–Crippen MR) is 59.4 cm³/mol. The van der Waals surface area contributed by atoms with Crippen molar-refractivity contribution in [3.05, 3.63) is 29.8 Å². The Balaban J connectivity index is 2.09. The average Bonchev–Trinajstić information content (AvgIpc) is 2.61. The van der Waals surface area contributed by atoms with Crippen molar-refractivity contribution < 1.29 is 19.0 Å². The van der Waals surface area contributed by atoms with Gasteiger partial charge in [-0.1, -0.05) is 18.2 Å². The van der Waals surface area contributed by atoms with Gasteiger partial charge >= 0.3 is 5.97 Å². The van der Waals surface area contributed by atoms with Crippen LogP contribution in [0.25, 0.3) is 0 Å². The number of benzene rings is 1. The Hall–Kier alpha value is -1.55. The van der Waals surface area contributed by atoms with Gasteiger partial charge in [-0.3, -0.25) is 4.79 Å². The summed E-state index contributed by atoms with van der Waals surface area (Å²) < 4.78 is 16.4. The first kappa shape index (κ1) is 10.6. The Morgan fingerprint density at radius 1 is 1.47 bits per heavy atom.